The number of rotatable bonds is 3. The molecule has 0 atom stereocenters. The number of carboxylic acids is 1. The standard InChI is InChI=1S/C9H10BF3NO2.K/c1-5-6(3-9(15)16)2-7(14)4-8(5)10(11,12)13;/h2,4H,3,14H2,1H3,(H,15,16);/q-1;+1. The minimum Gasteiger partial charge on any atom is -0.481 e. The van der Waals surface area contributed by atoms with Crippen molar-refractivity contribution in [2.24, 2.45) is 0 Å². The first kappa shape index (κ1) is 17.0. The molecule has 0 aliphatic heterocycles. The number of carboxylic acid groups (broad SMARTS) is 1. The Hall–Kier alpha value is -0.0187. The maximum atomic E-state index is 12.6. The number of benzene rings is 1. The smallest absolute Gasteiger partial charge is 0.481 e. The predicted octanol–water partition coefficient (Wildman–Crippen LogP) is -1.74. The summed E-state index contributed by atoms with van der Waals surface area (Å²) in [4.78, 5) is 10.5. The van der Waals surface area contributed by atoms with Crippen LogP contribution in [0, 0.1) is 6.92 Å². The molecule has 3 N–H and O–H groups in total. The Kier molecular flexibility index (Phi) is 6.23. The van der Waals surface area contributed by atoms with Crippen LogP contribution < -0.4 is 62.6 Å². The molecular weight excluding hydrogens is 261 g/mol. The number of halogens is 3. The van der Waals surface area contributed by atoms with E-state index < -0.39 is 24.8 Å². The molecule has 0 spiro atoms. The van der Waals surface area contributed by atoms with Crippen molar-refractivity contribution in [3.05, 3.63) is 23.3 Å². The van der Waals surface area contributed by atoms with Gasteiger partial charge < -0.3 is 23.8 Å². The Morgan fingerprint density at radius 1 is 1.41 bits per heavy atom. The topological polar surface area (TPSA) is 63.3 Å². The first-order valence-corrected chi connectivity index (χ1v) is 4.52. The van der Waals surface area contributed by atoms with Crippen LogP contribution in [0.5, 0.6) is 0 Å². The molecule has 0 unspecified atom stereocenters. The minimum atomic E-state index is -5.17. The Balaban J connectivity index is 0.00000256. The zero-order valence-electron chi connectivity index (χ0n) is 9.51. The van der Waals surface area contributed by atoms with Crippen LogP contribution in [0.2, 0.25) is 0 Å². The molecular formula is C9H10BF3KNO2. The Labute approximate surface area is 139 Å². The Bertz CT molecular complexity index is 437. The zero-order chi connectivity index (χ0) is 12.5. The fourth-order valence-electron chi connectivity index (χ4n) is 1.51. The van der Waals surface area contributed by atoms with Crippen molar-refractivity contribution in [2.45, 2.75) is 13.3 Å². The number of nitrogens with two attached hydrogens (primary N) is 1. The van der Waals surface area contributed by atoms with Gasteiger partial charge in [-0.15, -0.1) is 5.46 Å². The van der Waals surface area contributed by atoms with Gasteiger partial charge in [0.15, 0.2) is 0 Å². The van der Waals surface area contributed by atoms with Crippen LogP contribution in [0.4, 0.5) is 18.6 Å². The van der Waals surface area contributed by atoms with Crippen LogP contribution in [-0.2, 0) is 11.2 Å². The van der Waals surface area contributed by atoms with Gasteiger partial charge in [-0.2, -0.15) is 0 Å². The molecule has 0 amide bonds. The van der Waals surface area contributed by atoms with Crippen molar-refractivity contribution in [3.63, 3.8) is 0 Å². The van der Waals surface area contributed by atoms with Crippen molar-refractivity contribution >= 4 is 24.1 Å². The van der Waals surface area contributed by atoms with Gasteiger partial charge in [-0.05, 0) is 18.6 Å². The number of anilines is 1. The monoisotopic (exact) mass is 271 g/mol. The first-order chi connectivity index (χ1) is 7.21. The summed E-state index contributed by atoms with van der Waals surface area (Å²) >= 11 is 0. The second kappa shape index (κ2) is 6.24. The van der Waals surface area contributed by atoms with Crippen molar-refractivity contribution in [1.29, 1.82) is 0 Å². The van der Waals surface area contributed by atoms with Crippen LogP contribution in [0.3, 0.4) is 0 Å². The van der Waals surface area contributed by atoms with E-state index in [1.807, 2.05) is 0 Å². The second-order valence-electron chi connectivity index (χ2n) is 3.54. The Morgan fingerprint density at radius 2 is 1.94 bits per heavy atom. The number of nitrogen functional groups attached to an aromatic ring is 1. The Morgan fingerprint density at radius 3 is 2.35 bits per heavy atom. The van der Waals surface area contributed by atoms with Gasteiger partial charge >= 0.3 is 64.3 Å². The van der Waals surface area contributed by atoms with E-state index in [-0.39, 0.29) is 68.2 Å². The van der Waals surface area contributed by atoms with Crippen molar-refractivity contribution in [2.75, 3.05) is 5.73 Å². The number of hydrogen-bond acceptors (Lipinski definition) is 2. The van der Waals surface area contributed by atoms with Gasteiger partial charge in [0.25, 0.3) is 0 Å². The van der Waals surface area contributed by atoms with Crippen LogP contribution in [0.15, 0.2) is 12.1 Å². The van der Waals surface area contributed by atoms with E-state index in [2.05, 4.69) is 0 Å². The normalized spacial score (nSPS) is 10.8. The molecule has 0 bridgehead atoms. The van der Waals surface area contributed by atoms with Gasteiger partial charge in [0.05, 0.1) is 6.42 Å². The molecule has 1 aromatic carbocycles. The fraction of sp³-hybridized carbons (Fsp3) is 0.222. The zero-order valence-corrected chi connectivity index (χ0v) is 12.6. The van der Waals surface area contributed by atoms with Gasteiger partial charge in [0.2, 0.25) is 0 Å². The number of aliphatic carboxylic acids is 1. The molecule has 3 nitrogen and oxygen atoms in total. The summed E-state index contributed by atoms with van der Waals surface area (Å²) < 4.78 is 37.8. The van der Waals surface area contributed by atoms with Crippen LogP contribution in [0.1, 0.15) is 11.1 Å². The van der Waals surface area contributed by atoms with Gasteiger partial charge in [-0.25, -0.2) is 0 Å². The first-order valence-electron chi connectivity index (χ1n) is 4.52. The summed E-state index contributed by atoms with van der Waals surface area (Å²) in [5.41, 5.74) is 4.45. The number of carbonyl (C=O) groups is 1. The third-order valence-electron chi connectivity index (χ3n) is 2.27. The van der Waals surface area contributed by atoms with E-state index in [4.69, 9.17) is 10.8 Å². The van der Waals surface area contributed by atoms with Crippen molar-refractivity contribution in [1.82, 2.24) is 0 Å². The summed E-state index contributed by atoms with van der Waals surface area (Å²) in [5.74, 6) is -1.19. The molecule has 17 heavy (non-hydrogen) atoms. The molecule has 88 valence electrons. The molecule has 8 heteroatoms. The average molecular weight is 271 g/mol. The third-order valence-corrected chi connectivity index (χ3v) is 2.27. The van der Waals surface area contributed by atoms with Crippen LogP contribution in [0.25, 0.3) is 0 Å². The molecule has 1 rings (SSSR count). The van der Waals surface area contributed by atoms with Gasteiger partial charge in [-0.1, -0.05) is 11.6 Å². The van der Waals surface area contributed by atoms with Gasteiger partial charge in [0, 0.05) is 5.69 Å². The van der Waals surface area contributed by atoms with Gasteiger partial charge in [0.1, 0.15) is 0 Å². The maximum absolute atomic E-state index is 12.6. The van der Waals surface area contributed by atoms with Gasteiger partial charge in [-0.3, -0.25) is 4.79 Å². The van der Waals surface area contributed by atoms with E-state index >= 15 is 0 Å². The van der Waals surface area contributed by atoms with Crippen LogP contribution in [-0.4, -0.2) is 18.1 Å². The molecule has 0 saturated heterocycles. The quantitative estimate of drug-likeness (QED) is 0.507. The van der Waals surface area contributed by atoms with E-state index in [1.165, 1.54) is 13.0 Å². The summed E-state index contributed by atoms with van der Waals surface area (Å²) in [7, 11) is 0. The fourth-order valence-corrected chi connectivity index (χ4v) is 1.51. The average Bonchev–Trinajstić information content (AvgIpc) is 2.07. The van der Waals surface area contributed by atoms with E-state index in [0.717, 1.165) is 6.07 Å². The third kappa shape index (κ3) is 4.63. The van der Waals surface area contributed by atoms with Crippen LogP contribution >= 0.6 is 0 Å². The predicted molar refractivity (Wildman–Crippen MR) is 55.6 cm³/mol. The molecule has 0 aliphatic rings. The largest absolute Gasteiger partial charge is 1.00 e. The molecule has 0 radical (unpaired) electrons. The number of hydrogen-bond donors (Lipinski definition) is 2. The van der Waals surface area contributed by atoms with E-state index in [9.17, 15) is 17.7 Å². The summed E-state index contributed by atoms with van der Waals surface area (Å²) in [6.45, 7) is -3.92. The summed E-state index contributed by atoms with van der Waals surface area (Å²) in [6, 6.07) is 2.09. The molecule has 0 saturated carbocycles. The van der Waals surface area contributed by atoms with E-state index in [1.54, 1.807) is 0 Å². The molecule has 0 aliphatic carbocycles. The maximum Gasteiger partial charge on any atom is 1.00 e. The molecule has 0 heterocycles. The van der Waals surface area contributed by atoms with Crippen molar-refractivity contribution in [3.8, 4) is 0 Å². The molecule has 0 fully saturated rings. The summed E-state index contributed by atoms with van der Waals surface area (Å²) in [5, 5.41) is 8.56. The molecule has 1 aromatic rings. The SMILES string of the molecule is Cc1c(CC(=O)O)cc(N)cc1[B-](F)(F)F.[K+]. The minimum absolute atomic E-state index is 0. The summed E-state index contributed by atoms with van der Waals surface area (Å²) in [6.07, 6.45) is -0.462. The van der Waals surface area contributed by atoms with E-state index in [0.29, 0.717) is 0 Å². The molecule has 0 aromatic heterocycles. The van der Waals surface area contributed by atoms with Crippen molar-refractivity contribution < 1.29 is 74.2 Å². The second-order valence-corrected chi connectivity index (χ2v) is 3.54.